The number of hydrogen-bond acceptors (Lipinski definition) is 3. The molecule has 0 spiro atoms. The zero-order chi connectivity index (χ0) is 10.6. The van der Waals surface area contributed by atoms with Gasteiger partial charge in [-0.2, -0.15) is 0 Å². The Hall–Kier alpha value is -0.800. The Morgan fingerprint density at radius 3 is 2.86 bits per heavy atom. The molecule has 1 atom stereocenters. The first kappa shape index (κ1) is 11.3. The zero-order valence-corrected chi connectivity index (χ0v) is 9.31. The molecular weight excluding hydrogens is 221 g/mol. The van der Waals surface area contributed by atoms with Crippen LogP contribution in [-0.2, 0) is 0 Å². The number of aromatic nitrogens is 2. The van der Waals surface area contributed by atoms with Gasteiger partial charge in [-0.3, -0.25) is 0 Å². The van der Waals surface area contributed by atoms with Crippen LogP contribution in [0.1, 0.15) is 13.3 Å². The summed E-state index contributed by atoms with van der Waals surface area (Å²) in [6.07, 6.45) is 2.68. The van der Waals surface area contributed by atoms with Crippen LogP contribution in [0.2, 0.25) is 10.4 Å². The average Bonchev–Trinajstić information content (AvgIpc) is 2.01. The molecule has 0 radical (unpaired) electrons. The monoisotopic (exact) mass is 231 g/mol. The molecule has 0 bridgehead atoms. The SMILES string of the molecule is C=CCC(C)Nc1cc(Cl)nc(Cl)n1. The summed E-state index contributed by atoms with van der Waals surface area (Å²) in [5.41, 5.74) is 0. The Morgan fingerprint density at radius 1 is 1.57 bits per heavy atom. The summed E-state index contributed by atoms with van der Waals surface area (Å²) < 4.78 is 0. The lowest BCUT2D eigenvalue weighted by molar-refractivity contribution is 0.806. The van der Waals surface area contributed by atoms with E-state index in [4.69, 9.17) is 23.2 Å². The van der Waals surface area contributed by atoms with Crippen LogP contribution in [-0.4, -0.2) is 16.0 Å². The van der Waals surface area contributed by atoms with E-state index in [-0.39, 0.29) is 11.3 Å². The number of nitrogens with zero attached hydrogens (tertiary/aromatic N) is 2. The molecule has 3 nitrogen and oxygen atoms in total. The molecule has 1 N–H and O–H groups in total. The summed E-state index contributed by atoms with van der Waals surface area (Å²) in [6, 6.07) is 1.88. The second kappa shape index (κ2) is 5.17. The minimum Gasteiger partial charge on any atom is -0.367 e. The first-order valence-corrected chi connectivity index (χ1v) is 4.95. The van der Waals surface area contributed by atoms with E-state index in [1.54, 1.807) is 6.07 Å². The topological polar surface area (TPSA) is 37.8 Å². The van der Waals surface area contributed by atoms with Gasteiger partial charge in [-0.1, -0.05) is 17.7 Å². The smallest absolute Gasteiger partial charge is 0.225 e. The maximum Gasteiger partial charge on any atom is 0.225 e. The summed E-state index contributed by atoms with van der Waals surface area (Å²) in [6.45, 7) is 5.67. The first-order valence-electron chi connectivity index (χ1n) is 4.19. The highest BCUT2D eigenvalue weighted by Gasteiger charge is 2.03. The molecule has 5 heteroatoms. The molecule has 0 aromatic carbocycles. The fourth-order valence-corrected chi connectivity index (χ4v) is 1.43. The van der Waals surface area contributed by atoms with Crippen molar-refractivity contribution in [2.45, 2.75) is 19.4 Å². The van der Waals surface area contributed by atoms with Gasteiger partial charge in [0, 0.05) is 12.1 Å². The van der Waals surface area contributed by atoms with Gasteiger partial charge in [0.15, 0.2) is 0 Å². The normalized spacial score (nSPS) is 12.2. The molecule has 76 valence electrons. The highest BCUT2D eigenvalue weighted by atomic mass is 35.5. The van der Waals surface area contributed by atoms with Crippen molar-refractivity contribution in [3.05, 3.63) is 29.2 Å². The predicted molar refractivity (Wildman–Crippen MR) is 60.0 cm³/mol. The maximum atomic E-state index is 5.71. The van der Waals surface area contributed by atoms with Gasteiger partial charge < -0.3 is 5.32 Å². The molecule has 0 aliphatic heterocycles. The fraction of sp³-hybridized carbons (Fsp3) is 0.333. The second-order valence-electron chi connectivity index (χ2n) is 2.91. The van der Waals surface area contributed by atoms with Crippen LogP contribution in [0.25, 0.3) is 0 Å². The van der Waals surface area contributed by atoms with Crippen molar-refractivity contribution < 1.29 is 0 Å². The quantitative estimate of drug-likeness (QED) is 0.492. The third kappa shape index (κ3) is 3.52. The molecular formula is C9H11Cl2N3. The van der Waals surface area contributed by atoms with Crippen molar-refractivity contribution in [1.82, 2.24) is 9.97 Å². The number of nitrogens with one attached hydrogen (secondary N) is 1. The summed E-state index contributed by atoms with van der Waals surface area (Å²) >= 11 is 11.4. The van der Waals surface area contributed by atoms with E-state index in [2.05, 4.69) is 21.9 Å². The summed E-state index contributed by atoms with van der Waals surface area (Å²) in [4.78, 5) is 7.73. The minimum absolute atomic E-state index is 0.144. The molecule has 0 fully saturated rings. The molecule has 0 aliphatic rings. The largest absolute Gasteiger partial charge is 0.367 e. The van der Waals surface area contributed by atoms with Gasteiger partial charge in [0.2, 0.25) is 5.28 Å². The van der Waals surface area contributed by atoms with Crippen LogP contribution in [0.3, 0.4) is 0 Å². The molecule has 0 saturated carbocycles. The Kier molecular flexibility index (Phi) is 4.17. The van der Waals surface area contributed by atoms with E-state index in [0.717, 1.165) is 6.42 Å². The molecule has 1 unspecified atom stereocenters. The van der Waals surface area contributed by atoms with Crippen LogP contribution < -0.4 is 5.32 Å². The average molecular weight is 232 g/mol. The van der Waals surface area contributed by atoms with Crippen molar-refractivity contribution in [1.29, 1.82) is 0 Å². The van der Waals surface area contributed by atoms with Gasteiger partial charge in [-0.15, -0.1) is 6.58 Å². The summed E-state index contributed by atoms with van der Waals surface area (Å²) in [7, 11) is 0. The molecule has 0 amide bonds. The van der Waals surface area contributed by atoms with Gasteiger partial charge in [-0.05, 0) is 24.9 Å². The number of halogens is 2. The van der Waals surface area contributed by atoms with Gasteiger partial charge in [-0.25, -0.2) is 9.97 Å². The Morgan fingerprint density at radius 2 is 2.29 bits per heavy atom. The molecule has 1 heterocycles. The minimum atomic E-state index is 0.144. The van der Waals surface area contributed by atoms with Crippen molar-refractivity contribution in [3.63, 3.8) is 0 Å². The molecule has 0 saturated heterocycles. The lowest BCUT2D eigenvalue weighted by Gasteiger charge is -2.12. The lowest BCUT2D eigenvalue weighted by Crippen LogP contribution is -2.15. The van der Waals surface area contributed by atoms with Crippen LogP contribution in [0.5, 0.6) is 0 Å². The first-order chi connectivity index (χ1) is 6.61. The fourth-order valence-electron chi connectivity index (χ4n) is 1.03. The lowest BCUT2D eigenvalue weighted by atomic mass is 10.2. The van der Waals surface area contributed by atoms with Crippen LogP contribution >= 0.6 is 23.2 Å². The van der Waals surface area contributed by atoms with Crippen molar-refractivity contribution in [2.24, 2.45) is 0 Å². The summed E-state index contributed by atoms with van der Waals surface area (Å²) in [5.74, 6) is 0.629. The highest BCUT2D eigenvalue weighted by Crippen LogP contribution is 2.15. The van der Waals surface area contributed by atoms with E-state index in [0.29, 0.717) is 11.0 Å². The van der Waals surface area contributed by atoms with Crippen LogP contribution in [0.4, 0.5) is 5.82 Å². The van der Waals surface area contributed by atoms with E-state index in [1.807, 2.05) is 13.0 Å². The molecule has 14 heavy (non-hydrogen) atoms. The van der Waals surface area contributed by atoms with E-state index >= 15 is 0 Å². The highest BCUT2D eigenvalue weighted by molar-refractivity contribution is 6.32. The van der Waals surface area contributed by atoms with Gasteiger partial charge >= 0.3 is 0 Å². The van der Waals surface area contributed by atoms with Crippen molar-refractivity contribution in [3.8, 4) is 0 Å². The standard InChI is InChI=1S/C9H11Cl2N3/c1-3-4-6(2)12-8-5-7(10)13-9(11)14-8/h3,5-6H,1,4H2,2H3,(H,12,13,14). The molecule has 1 aromatic heterocycles. The number of hydrogen-bond donors (Lipinski definition) is 1. The zero-order valence-electron chi connectivity index (χ0n) is 7.80. The van der Waals surface area contributed by atoms with Crippen molar-refractivity contribution in [2.75, 3.05) is 5.32 Å². The van der Waals surface area contributed by atoms with E-state index in [9.17, 15) is 0 Å². The van der Waals surface area contributed by atoms with Crippen molar-refractivity contribution >= 4 is 29.0 Å². The van der Waals surface area contributed by atoms with Gasteiger partial charge in [0.1, 0.15) is 11.0 Å². The second-order valence-corrected chi connectivity index (χ2v) is 3.64. The number of rotatable bonds is 4. The maximum absolute atomic E-state index is 5.71. The predicted octanol–water partition coefficient (Wildman–Crippen LogP) is 3.16. The van der Waals surface area contributed by atoms with E-state index in [1.165, 1.54) is 0 Å². The summed E-state index contributed by atoms with van der Waals surface area (Å²) in [5, 5.41) is 3.61. The van der Waals surface area contributed by atoms with E-state index < -0.39 is 0 Å². The Labute approximate surface area is 93.2 Å². The third-order valence-electron chi connectivity index (χ3n) is 1.58. The molecule has 1 aromatic rings. The van der Waals surface area contributed by atoms with Gasteiger partial charge in [0.25, 0.3) is 0 Å². The van der Waals surface area contributed by atoms with Crippen LogP contribution in [0, 0.1) is 0 Å². The Balaban J connectivity index is 2.71. The third-order valence-corrected chi connectivity index (χ3v) is 1.94. The molecule has 0 aliphatic carbocycles. The number of anilines is 1. The Bertz CT molecular complexity index is 308. The van der Waals surface area contributed by atoms with Crippen LogP contribution in [0.15, 0.2) is 18.7 Å². The molecule has 1 rings (SSSR count). The van der Waals surface area contributed by atoms with Gasteiger partial charge in [0.05, 0.1) is 0 Å².